The second-order valence-electron chi connectivity index (χ2n) is 4.56. The first-order valence-electron chi connectivity index (χ1n) is 5.79. The molecule has 3 nitrogen and oxygen atoms in total. The van der Waals surface area contributed by atoms with Gasteiger partial charge in [-0.25, -0.2) is 0 Å². The molecule has 2 rings (SSSR count). The Morgan fingerprint density at radius 3 is 2.69 bits per heavy atom. The van der Waals surface area contributed by atoms with Crippen LogP contribution in [0.3, 0.4) is 0 Å². The SMILES string of the molecule is COc1ccc(O)c(C2(CCN)CCC2)c1. The van der Waals surface area contributed by atoms with Gasteiger partial charge < -0.3 is 15.6 Å². The third-order valence-electron chi connectivity index (χ3n) is 3.71. The van der Waals surface area contributed by atoms with Crippen LogP contribution in [0.5, 0.6) is 11.5 Å². The summed E-state index contributed by atoms with van der Waals surface area (Å²) in [5.41, 5.74) is 6.76. The Bertz CT molecular complexity index is 372. The molecule has 1 aliphatic rings. The molecule has 1 aromatic carbocycles. The average Bonchev–Trinajstić information content (AvgIpc) is 2.25. The first-order chi connectivity index (χ1) is 7.72. The predicted octanol–water partition coefficient (Wildman–Crippen LogP) is 2.17. The molecular weight excluding hydrogens is 202 g/mol. The molecule has 1 saturated carbocycles. The lowest BCUT2D eigenvalue weighted by Crippen LogP contribution is -2.36. The Kier molecular flexibility index (Phi) is 3.06. The average molecular weight is 221 g/mol. The van der Waals surface area contributed by atoms with Crippen molar-refractivity contribution in [1.29, 1.82) is 0 Å². The van der Waals surface area contributed by atoms with E-state index >= 15 is 0 Å². The van der Waals surface area contributed by atoms with Gasteiger partial charge in [0.2, 0.25) is 0 Å². The van der Waals surface area contributed by atoms with Gasteiger partial charge in [0, 0.05) is 11.0 Å². The molecule has 0 unspecified atom stereocenters. The van der Waals surface area contributed by atoms with Crippen molar-refractivity contribution in [3.05, 3.63) is 23.8 Å². The molecule has 0 aliphatic heterocycles. The van der Waals surface area contributed by atoms with E-state index in [1.165, 1.54) is 6.42 Å². The van der Waals surface area contributed by atoms with E-state index in [-0.39, 0.29) is 5.41 Å². The lowest BCUT2D eigenvalue weighted by molar-refractivity contribution is 0.222. The van der Waals surface area contributed by atoms with Gasteiger partial charge in [-0.1, -0.05) is 6.42 Å². The van der Waals surface area contributed by atoms with Crippen molar-refractivity contribution >= 4 is 0 Å². The van der Waals surface area contributed by atoms with Crippen LogP contribution >= 0.6 is 0 Å². The molecule has 0 spiro atoms. The van der Waals surface area contributed by atoms with Gasteiger partial charge in [-0.3, -0.25) is 0 Å². The number of phenols is 1. The van der Waals surface area contributed by atoms with Gasteiger partial charge in [0.1, 0.15) is 11.5 Å². The summed E-state index contributed by atoms with van der Waals surface area (Å²) in [6.45, 7) is 0.663. The zero-order valence-corrected chi connectivity index (χ0v) is 9.70. The van der Waals surface area contributed by atoms with Crippen molar-refractivity contribution in [2.45, 2.75) is 31.1 Å². The molecule has 88 valence electrons. The van der Waals surface area contributed by atoms with E-state index in [4.69, 9.17) is 10.5 Å². The number of aromatic hydroxyl groups is 1. The Balaban J connectivity index is 2.36. The van der Waals surface area contributed by atoms with Crippen LogP contribution in [0.2, 0.25) is 0 Å². The summed E-state index contributed by atoms with van der Waals surface area (Å²) in [6, 6.07) is 5.45. The fraction of sp³-hybridized carbons (Fsp3) is 0.538. The van der Waals surface area contributed by atoms with E-state index in [1.807, 2.05) is 6.07 Å². The van der Waals surface area contributed by atoms with Gasteiger partial charge in [-0.2, -0.15) is 0 Å². The summed E-state index contributed by atoms with van der Waals surface area (Å²) in [5, 5.41) is 9.96. The molecular formula is C13H19NO2. The zero-order chi connectivity index (χ0) is 11.6. The fourth-order valence-electron chi connectivity index (χ4n) is 2.60. The molecule has 1 aromatic rings. The Labute approximate surface area is 96.2 Å². The second-order valence-corrected chi connectivity index (χ2v) is 4.56. The van der Waals surface area contributed by atoms with Crippen molar-refractivity contribution in [2.24, 2.45) is 5.73 Å². The molecule has 0 saturated heterocycles. The highest BCUT2D eigenvalue weighted by Crippen LogP contribution is 2.49. The van der Waals surface area contributed by atoms with Crippen molar-refractivity contribution in [3.63, 3.8) is 0 Å². The van der Waals surface area contributed by atoms with Crippen LogP contribution in [0.15, 0.2) is 18.2 Å². The number of benzene rings is 1. The molecule has 3 heteroatoms. The molecule has 1 fully saturated rings. The Morgan fingerprint density at radius 1 is 1.44 bits per heavy atom. The maximum atomic E-state index is 9.96. The number of nitrogens with two attached hydrogens (primary N) is 1. The zero-order valence-electron chi connectivity index (χ0n) is 9.70. The van der Waals surface area contributed by atoms with Crippen LogP contribution in [0, 0.1) is 0 Å². The normalized spacial score (nSPS) is 17.9. The quantitative estimate of drug-likeness (QED) is 0.819. The minimum Gasteiger partial charge on any atom is -0.508 e. The molecule has 0 radical (unpaired) electrons. The lowest BCUT2D eigenvalue weighted by atomic mass is 9.62. The largest absolute Gasteiger partial charge is 0.508 e. The summed E-state index contributed by atoms with van der Waals surface area (Å²) >= 11 is 0. The number of hydrogen-bond acceptors (Lipinski definition) is 3. The van der Waals surface area contributed by atoms with Crippen molar-refractivity contribution in [3.8, 4) is 11.5 Å². The van der Waals surface area contributed by atoms with Gasteiger partial charge in [0.15, 0.2) is 0 Å². The molecule has 0 heterocycles. The van der Waals surface area contributed by atoms with Crippen molar-refractivity contribution in [1.82, 2.24) is 0 Å². The predicted molar refractivity (Wildman–Crippen MR) is 63.9 cm³/mol. The number of hydrogen-bond donors (Lipinski definition) is 2. The monoisotopic (exact) mass is 221 g/mol. The van der Waals surface area contributed by atoms with Crippen molar-refractivity contribution in [2.75, 3.05) is 13.7 Å². The highest BCUT2D eigenvalue weighted by molar-refractivity contribution is 5.45. The summed E-state index contributed by atoms with van der Waals surface area (Å²) in [4.78, 5) is 0. The van der Waals surface area contributed by atoms with Crippen LogP contribution in [0.1, 0.15) is 31.2 Å². The number of ether oxygens (including phenoxy) is 1. The minimum absolute atomic E-state index is 0.0906. The number of phenolic OH excluding ortho intramolecular Hbond substituents is 1. The van der Waals surface area contributed by atoms with Gasteiger partial charge in [0.25, 0.3) is 0 Å². The molecule has 0 bridgehead atoms. The molecule has 1 aliphatic carbocycles. The van der Waals surface area contributed by atoms with Gasteiger partial charge in [-0.15, -0.1) is 0 Å². The third kappa shape index (κ3) is 1.76. The summed E-state index contributed by atoms with van der Waals surface area (Å²) in [7, 11) is 1.65. The van der Waals surface area contributed by atoms with Crippen LogP contribution in [-0.2, 0) is 5.41 Å². The van der Waals surface area contributed by atoms with E-state index in [0.717, 1.165) is 30.6 Å². The van der Waals surface area contributed by atoms with Gasteiger partial charge >= 0.3 is 0 Å². The number of methoxy groups -OCH3 is 1. The van der Waals surface area contributed by atoms with E-state index in [0.29, 0.717) is 12.3 Å². The van der Waals surface area contributed by atoms with Gasteiger partial charge in [-0.05, 0) is 44.0 Å². The molecule has 16 heavy (non-hydrogen) atoms. The van der Waals surface area contributed by atoms with Crippen molar-refractivity contribution < 1.29 is 9.84 Å². The van der Waals surface area contributed by atoms with E-state index in [1.54, 1.807) is 19.2 Å². The standard InChI is InChI=1S/C13H19NO2/c1-16-10-3-4-12(15)11(9-10)13(7-8-14)5-2-6-13/h3-4,9,15H,2,5-8,14H2,1H3. The summed E-state index contributed by atoms with van der Waals surface area (Å²) in [6.07, 6.45) is 4.39. The maximum Gasteiger partial charge on any atom is 0.119 e. The molecule has 0 aromatic heterocycles. The third-order valence-corrected chi connectivity index (χ3v) is 3.71. The topological polar surface area (TPSA) is 55.5 Å². The first kappa shape index (κ1) is 11.3. The smallest absolute Gasteiger partial charge is 0.119 e. The van der Waals surface area contributed by atoms with Crippen LogP contribution in [0.25, 0.3) is 0 Å². The lowest BCUT2D eigenvalue weighted by Gasteiger charge is -2.42. The summed E-state index contributed by atoms with van der Waals surface area (Å²) < 4.78 is 5.21. The fourth-order valence-corrected chi connectivity index (χ4v) is 2.60. The second kappa shape index (κ2) is 4.34. The highest BCUT2D eigenvalue weighted by Gasteiger charge is 2.39. The first-order valence-corrected chi connectivity index (χ1v) is 5.79. The Hall–Kier alpha value is -1.22. The number of rotatable bonds is 4. The highest BCUT2D eigenvalue weighted by atomic mass is 16.5. The maximum absolute atomic E-state index is 9.96. The van der Waals surface area contributed by atoms with Crippen LogP contribution in [0.4, 0.5) is 0 Å². The summed E-state index contributed by atoms with van der Waals surface area (Å²) in [5.74, 6) is 1.17. The van der Waals surface area contributed by atoms with Crippen LogP contribution in [-0.4, -0.2) is 18.8 Å². The van der Waals surface area contributed by atoms with E-state index < -0.39 is 0 Å². The van der Waals surface area contributed by atoms with Gasteiger partial charge in [0.05, 0.1) is 7.11 Å². The van der Waals surface area contributed by atoms with Crippen LogP contribution < -0.4 is 10.5 Å². The molecule has 3 N–H and O–H groups in total. The minimum atomic E-state index is 0.0906. The van der Waals surface area contributed by atoms with E-state index in [9.17, 15) is 5.11 Å². The molecule has 0 amide bonds. The van der Waals surface area contributed by atoms with E-state index in [2.05, 4.69) is 0 Å². The molecule has 0 atom stereocenters. The Morgan fingerprint density at radius 2 is 2.19 bits per heavy atom.